The summed E-state index contributed by atoms with van der Waals surface area (Å²) in [4.78, 5) is 4.54. The zero-order valence-corrected chi connectivity index (χ0v) is 33.3. The Labute approximate surface area is 352 Å². The summed E-state index contributed by atoms with van der Waals surface area (Å²) in [7, 11) is 0. The van der Waals surface area contributed by atoms with Crippen LogP contribution in [-0.4, -0.2) is 10.2 Å². The standard InChI is InChI=1S/C54H32N4O2S/c1-3-15-38-33(11-1)13-9-19-45(38)57(35-23-26-42-40-17-5-7-21-47(40)59-49(42)29-35)37-25-28-44-51(31-37)61-52-32-53(55-56-54(44)52)58(46-20-10-14-34-12-2-4-16-39(34)46)36-24-27-43-41-18-6-8-22-48(41)60-50(43)30-36/h1-32H. The van der Waals surface area contributed by atoms with Crippen molar-refractivity contribution in [2.75, 3.05) is 9.80 Å². The fraction of sp³-hybridized carbons (Fsp3) is 0. The lowest BCUT2D eigenvalue weighted by molar-refractivity contribution is 0.668. The van der Waals surface area contributed by atoms with Gasteiger partial charge in [0.25, 0.3) is 0 Å². The van der Waals surface area contributed by atoms with Gasteiger partial charge in [-0.25, -0.2) is 0 Å². The summed E-state index contributed by atoms with van der Waals surface area (Å²) in [5.41, 5.74) is 9.38. The van der Waals surface area contributed by atoms with Gasteiger partial charge in [0.15, 0.2) is 5.82 Å². The third-order valence-electron chi connectivity index (χ3n) is 11.9. The maximum Gasteiger partial charge on any atom is 0.161 e. The molecule has 0 amide bonds. The number of fused-ring (bicyclic) bond motifs is 11. The Morgan fingerprint density at radius 3 is 1.44 bits per heavy atom. The van der Waals surface area contributed by atoms with Gasteiger partial charge in [0, 0.05) is 72.0 Å². The van der Waals surface area contributed by atoms with Crippen molar-refractivity contribution in [3.05, 3.63) is 194 Å². The van der Waals surface area contributed by atoms with Crippen LogP contribution in [0.25, 0.3) is 85.7 Å². The van der Waals surface area contributed by atoms with Gasteiger partial charge < -0.3 is 13.7 Å². The molecule has 0 spiro atoms. The second kappa shape index (κ2) is 13.3. The largest absolute Gasteiger partial charge is 0.456 e. The molecule has 0 atom stereocenters. The van der Waals surface area contributed by atoms with Gasteiger partial charge in [-0.2, -0.15) is 0 Å². The Morgan fingerprint density at radius 2 is 0.820 bits per heavy atom. The average Bonchev–Trinajstić information content (AvgIpc) is 3.99. The van der Waals surface area contributed by atoms with E-state index in [4.69, 9.17) is 19.0 Å². The molecule has 61 heavy (non-hydrogen) atoms. The van der Waals surface area contributed by atoms with Crippen LogP contribution in [0.5, 0.6) is 0 Å². The second-order valence-electron chi connectivity index (χ2n) is 15.4. The van der Waals surface area contributed by atoms with Gasteiger partial charge in [0.2, 0.25) is 0 Å². The molecule has 0 bridgehead atoms. The van der Waals surface area contributed by atoms with Crippen LogP contribution in [0.4, 0.5) is 34.3 Å². The van der Waals surface area contributed by atoms with Crippen molar-refractivity contribution in [2.45, 2.75) is 0 Å². The second-order valence-corrected chi connectivity index (χ2v) is 16.5. The molecule has 0 aliphatic heterocycles. The first-order chi connectivity index (χ1) is 30.2. The number of hydrogen-bond acceptors (Lipinski definition) is 7. The Bertz CT molecular complexity index is 3620. The third kappa shape index (κ3) is 5.34. The van der Waals surface area contributed by atoms with Crippen molar-refractivity contribution >= 4 is 131 Å². The van der Waals surface area contributed by atoms with Gasteiger partial charge in [-0.3, -0.25) is 4.90 Å². The number of anilines is 6. The van der Waals surface area contributed by atoms with E-state index in [0.717, 1.165) is 115 Å². The lowest BCUT2D eigenvalue weighted by Gasteiger charge is -2.27. The van der Waals surface area contributed by atoms with E-state index in [1.54, 1.807) is 11.3 Å². The van der Waals surface area contributed by atoms with Crippen molar-refractivity contribution in [3.63, 3.8) is 0 Å². The van der Waals surface area contributed by atoms with Crippen LogP contribution in [0.1, 0.15) is 0 Å². The molecule has 0 fully saturated rings. The summed E-state index contributed by atoms with van der Waals surface area (Å²) in [6.07, 6.45) is 0. The van der Waals surface area contributed by atoms with Crippen molar-refractivity contribution < 1.29 is 8.83 Å². The molecule has 0 unspecified atom stereocenters. The number of para-hydroxylation sites is 2. The maximum absolute atomic E-state index is 6.42. The van der Waals surface area contributed by atoms with Gasteiger partial charge in [0.1, 0.15) is 27.8 Å². The van der Waals surface area contributed by atoms with E-state index in [1.165, 1.54) is 5.39 Å². The SMILES string of the molecule is c1ccc2c(N(c3ccc4c(c3)oc3ccccc34)c3ccc4c(c3)sc3cc(N(c5ccc6c(c5)oc5ccccc56)c5cccc6ccccc56)nnc34)cccc2c1. The van der Waals surface area contributed by atoms with Crippen molar-refractivity contribution in [3.8, 4) is 0 Å². The van der Waals surface area contributed by atoms with Crippen molar-refractivity contribution in [1.82, 2.24) is 10.2 Å². The summed E-state index contributed by atoms with van der Waals surface area (Å²) in [6, 6.07) is 68.1. The van der Waals surface area contributed by atoms with Gasteiger partial charge in [-0.05, 0) is 77.5 Å². The molecule has 13 rings (SSSR count). The summed E-state index contributed by atoms with van der Waals surface area (Å²) >= 11 is 1.73. The first-order valence-corrected chi connectivity index (χ1v) is 21.1. The molecular weight excluding hydrogens is 769 g/mol. The van der Waals surface area contributed by atoms with Crippen LogP contribution in [0, 0.1) is 0 Å². The molecule has 9 aromatic carbocycles. The normalized spacial score (nSPS) is 11.9. The number of aromatic nitrogens is 2. The highest BCUT2D eigenvalue weighted by Gasteiger charge is 2.22. The van der Waals surface area contributed by atoms with Gasteiger partial charge in [-0.15, -0.1) is 21.5 Å². The monoisotopic (exact) mass is 800 g/mol. The Kier molecular flexibility index (Phi) is 7.37. The number of rotatable bonds is 6. The summed E-state index contributed by atoms with van der Waals surface area (Å²) in [5, 5.41) is 20.0. The van der Waals surface area contributed by atoms with Crippen molar-refractivity contribution in [2.24, 2.45) is 0 Å². The molecule has 0 aliphatic rings. The van der Waals surface area contributed by atoms with E-state index >= 15 is 0 Å². The fourth-order valence-corrected chi connectivity index (χ4v) is 10.2. The quantitative estimate of drug-likeness (QED) is 0.167. The smallest absolute Gasteiger partial charge is 0.161 e. The number of nitrogens with zero attached hydrogens (tertiary/aromatic N) is 4. The molecule has 0 saturated heterocycles. The van der Waals surface area contributed by atoms with Crippen LogP contribution >= 0.6 is 11.3 Å². The zero-order chi connectivity index (χ0) is 40.0. The summed E-state index contributed by atoms with van der Waals surface area (Å²) < 4.78 is 15.0. The predicted octanol–water partition coefficient (Wildman–Crippen LogP) is 15.9. The van der Waals surface area contributed by atoms with E-state index < -0.39 is 0 Å². The van der Waals surface area contributed by atoms with E-state index in [1.807, 2.05) is 24.3 Å². The maximum atomic E-state index is 6.42. The highest BCUT2D eigenvalue weighted by atomic mass is 32.1. The molecule has 0 aliphatic carbocycles. The van der Waals surface area contributed by atoms with Crippen LogP contribution in [0.2, 0.25) is 0 Å². The van der Waals surface area contributed by atoms with Crippen LogP contribution in [0.3, 0.4) is 0 Å². The average molecular weight is 801 g/mol. The minimum atomic E-state index is 0.725. The number of benzene rings is 9. The molecule has 286 valence electrons. The number of hydrogen-bond donors (Lipinski definition) is 0. The molecule has 6 nitrogen and oxygen atoms in total. The molecule has 0 radical (unpaired) electrons. The van der Waals surface area contributed by atoms with Gasteiger partial charge >= 0.3 is 0 Å². The predicted molar refractivity (Wildman–Crippen MR) is 254 cm³/mol. The lowest BCUT2D eigenvalue weighted by Crippen LogP contribution is -2.12. The molecule has 4 heterocycles. The van der Waals surface area contributed by atoms with Gasteiger partial charge in [-0.1, -0.05) is 109 Å². The van der Waals surface area contributed by atoms with E-state index in [2.05, 4.69) is 180 Å². The molecule has 0 N–H and O–H groups in total. The first-order valence-electron chi connectivity index (χ1n) is 20.3. The summed E-state index contributed by atoms with van der Waals surface area (Å²) in [6.45, 7) is 0. The van der Waals surface area contributed by atoms with E-state index in [9.17, 15) is 0 Å². The van der Waals surface area contributed by atoms with E-state index in [-0.39, 0.29) is 0 Å². The minimum Gasteiger partial charge on any atom is -0.456 e. The molecule has 0 saturated carbocycles. The first kappa shape index (κ1) is 33.9. The third-order valence-corrected chi connectivity index (χ3v) is 13.0. The Morgan fingerprint density at radius 1 is 0.344 bits per heavy atom. The Hall–Kier alpha value is -8.00. The number of furan rings is 2. The van der Waals surface area contributed by atoms with E-state index in [0.29, 0.717) is 0 Å². The minimum absolute atomic E-state index is 0.725. The molecular formula is C54H32N4O2S. The van der Waals surface area contributed by atoms with Crippen molar-refractivity contribution in [1.29, 1.82) is 0 Å². The lowest BCUT2D eigenvalue weighted by atomic mass is 10.1. The number of thiophene rings is 1. The fourth-order valence-electron chi connectivity index (χ4n) is 9.12. The molecule has 7 heteroatoms. The summed E-state index contributed by atoms with van der Waals surface area (Å²) in [5.74, 6) is 0.725. The molecule has 13 aromatic rings. The highest BCUT2D eigenvalue weighted by Crippen LogP contribution is 2.46. The van der Waals surface area contributed by atoms with Crippen LogP contribution < -0.4 is 9.80 Å². The van der Waals surface area contributed by atoms with Gasteiger partial charge in [0.05, 0.1) is 21.8 Å². The molecule has 4 aromatic heterocycles. The van der Waals surface area contributed by atoms with Crippen LogP contribution in [-0.2, 0) is 0 Å². The topological polar surface area (TPSA) is 58.5 Å². The highest BCUT2D eigenvalue weighted by molar-refractivity contribution is 7.25. The Balaban J connectivity index is 0.981. The zero-order valence-electron chi connectivity index (χ0n) is 32.5. The van der Waals surface area contributed by atoms with Crippen LogP contribution in [0.15, 0.2) is 203 Å².